The smallest absolute Gasteiger partial charge is 0.0540 e. The van der Waals surface area contributed by atoms with Gasteiger partial charge in [0.25, 0.3) is 0 Å². The van der Waals surface area contributed by atoms with Crippen LogP contribution in [0, 0.1) is 5.92 Å². The minimum Gasteiger partial charge on any atom is -0.310 e. The van der Waals surface area contributed by atoms with E-state index in [2.05, 4.69) is 210 Å². The summed E-state index contributed by atoms with van der Waals surface area (Å²) in [6, 6.07) is 47.0. The highest BCUT2D eigenvalue weighted by molar-refractivity contribution is 6.06. The fraction of sp³-hybridized carbons (Fsp3) is 0.0714. The van der Waals surface area contributed by atoms with Gasteiger partial charge in [-0.2, -0.15) is 0 Å². The Labute approximate surface area is 340 Å². The third kappa shape index (κ3) is 5.18. The van der Waals surface area contributed by atoms with Crippen LogP contribution in [0.15, 0.2) is 222 Å². The minimum absolute atomic E-state index is 0.311. The summed E-state index contributed by atoms with van der Waals surface area (Å²) in [5.74, 6) is 0.311. The van der Waals surface area contributed by atoms with Crippen LogP contribution in [0.1, 0.15) is 28.7 Å². The summed E-state index contributed by atoms with van der Waals surface area (Å²) in [4.78, 5) is 4.89. The number of nitrogens with zero attached hydrogens (tertiary/aromatic N) is 2. The summed E-state index contributed by atoms with van der Waals surface area (Å²) >= 11 is 0. The van der Waals surface area contributed by atoms with E-state index in [0.29, 0.717) is 5.92 Å². The highest BCUT2D eigenvalue weighted by atomic mass is 15.2. The van der Waals surface area contributed by atoms with Crippen molar-refractivity contribution in [2.45, 2.75) is 19.3 Å². The lowest BCUT2D eigenvalue weighted by molar-refractivity contribution is 0.818. The van der Waals surface area contributed by atoms with Crippen molar-refractivity contribution in [2.75, 3.05) is 9.80 Å². The van der Waals surface area contributed by atoms with E-state index in [0.717, 1.165) is 42.0 Å². The molecule has 0 spiro atoms. The Bertz CT molecular complexity index is 2980. The zero-order chi connectivity index (χ0) is 38.2. The number of para-hydroxylation sites is 2. The number of hydrogen-bond donors (Lipinski definition) is 0. The molecule has 6 aliphatic carbocycles. The predicted octanol–water partition coefficient (Wildman–Crippen LogP) is 14.4. The largest absolute Gasteiger partial charge is 0.310 e. The molecule has 0 heterocycles. The van der Waals surface area contributed by atoms with Crippen molar-refractivity contribution >= 4 is 51.4 Å². The molecular weight excluding hydrogens is 701 g/mol. The molecule has 0 aromatic heterocycles. The van der Waals surface area contributed by atoms with E-state index in [1.54, 1.807) is 0 Å². The molecule has 1 atom stereocenters. The molecule has 0 saturated heterocycles. The average molecular weight is 741 g/mol. The molecule has 6 aliphatic rings. The molecule has 2 nitrogen and oxygen atoms in total. The van der Waals surface area contributed by atoms with Gasteiger partial charge in [0.1, 0.15) is 0 Å². The molecule has 2 heteroatoms. The Morgan fingerprint density at radius 1 is 0.483 bits per heavy atom. The summed E-state index contributed by atoms with van der Waals surface area (Å²) in [7, 11) is 0. The molecule has 274 valence electrons. The molecule has 0 N–H and O–H groups in total. The summed E-state index contributed by atoms with van der Waals surface area (Å²) in [6.45, 7) is 0. The topological polar surface area (TPSA) is 6.48 Å². The van der Waals surface area contributed by atoms with Gasteiger partial charge in [0, 0.05) is 34.2 Å². The van der Waals surface area contributed by atoms with Gasteiger partial charge in [-0.3, -0.25) is 0 Å². The molecule has 6 aromatic carbocycles. The lowest BCUT2D eigenvalue weighted by Crippen LogP contribution is -2.28. The highest BCUT2D eigenvalue weighted by Crippen LogP contribution is 2.51. The van der Waals surface area contributed by atoms with Crippen molar-refractivity contribution in [1.82, 2.24) is 0 Å². The lowest BCUT2D eigenvalue weighted by atomic mass is 9.68. The zero-order valence-electron chi connectivity index (χ0n) is 32.1. The maximum absolute atomic E-state index is 2.45. The van der Waals surface area contributed by atoms with E-state index < -0.39 is 0 Å². The molecule has 12 rings (SSSR count). The third-order valence-corrected chi connectivity index (χ3v) is 12.7. The highest BCUT2D eigenvalue weighted by Gasteiger charge is 2.36. The van der Waals surface area contributed by atoms with Crippen molar-refractivity contribution in [1.29, 1.82) is 0 Å². The SMILES string of the molecule is C1=CC2=CC=C3CC=CC4=C3C2C(=C1)C=C4N(c1ccccc1)c1ccc(-c2ccc(N(c3ccccc3)c3cc4c5c(ccc6c5c3CC=C6)CC=C4)cc2)cc1. The van der Waals surface area contributed by atoms with Gasteiger partial charge < -0.3 is 9.80 Å². The van der Waals surface area contributed by atoms with Gasteiger partial charge in [-0.25, -0.2) is 0 Å². The van der Waals surface area contributed by atoms with Crippen molar-refractivity contribution < 1.29 is 0 Å². The van der Waals surface area contributed by atoms with Crippen LogP contribution in [-0.4, -0.2) is 0 Å². The maximum atomic E-state index is 2.45. The van der Waals surface area contributed by atoms with Gasteiger partial charge >= 0.3 is 0 Å². The van der Waals surface area contributed by atoms with Gasteiger partial charge in [-0.1, -0.05) is 140 Å². The number of rotatable bonds is 7. The molecule has 0 aliphatic heterocycles. The first-order valence-corrected chi connectivity index (χ1v) is 20.5. The van der Waals surface area contributed by atoms with Crippen LogP contribution in [0.25, 0.3) is 34.1 Å². The van der Waals surface area contributed by atoms with Crippen molar-refractivity contribution in [3.63, 3.8) is 0 Å². The molecule has 1 unspecified atom stereocenters. The first-order valence-electron chi connectivity index (χ1n) is 20.5. The van der Waals surface area contributed by atoms with Crippen molar-refractivity contribution in [2.24, 2.45) is 5.92 Å². The van der Waals surface area contributed by atoms with Crippen LogP contribution in [0.3, 0.4) is 0 Å². The Hall–Kier alpha value is -7.16. The molecular formula is C56H40N2. The second-order valence-electron chi connectivity index (χ2n) is 16.0. The summed E-state index contributed by atoms with van der Waals surface area (Å²) in [5.41, 5.74) is 21.8. The second kappa shape index (κ2) is 13.2. The van der Waals surface area contributed by atoms with Gasteiger partial charge in [0.05, 0.1) is 11.4 Å². The molecule has 0 radical (unpaired) electrons. The maximum Gasteiger partial charge on any atom is 0.0540 e. The van der Waals surface area contributed by atoms with Gasteiger partial charge in [0.15, 0.2) is 0 Å². The Kier molecular flexibility index (Phi) is 7.53. The summed E-state index contributed by atoms with van der Waals surface area (Å²) in [5, 5.41) is 2.83. The fourth-order valence-electron chi connectivity index (χ4n) is 10.1. The van der Waals surface area contributed by atoms with E-state index in [1.807, 2.05) is 0 Å². The molecule has 6 aromatic rings. The van der Waals surface area contributed by atoms with E-state index in [-0.39, 0.29) is 0 Å². The standard InChI is InChI=1S/C56H40N2/c1-3-17-45(18-4-1)57(51-35-43-15-7-11-39-23-25-41-13-9-21-49(51)55(41)53(39)43)47-31-27-37(28-32-47)38-29-33-48(34-30-38)58(46-19-5-2-6-20-46)52-36-44-16-8-12-40-24-26-42-14-10-22-50(52)56(42)54(40)44/h1-11,14-21,23-36,53H,12-13,22H2. The van der Waals surface area contributed by atoms with E-state index in [9.17, 15) is 0 Å². The number of hydrogen-bond acceptors (Lipinski definition) is 2. The van der Waals surface area contributed by atoms with Crippen LogP contribution in [0.2, 0.25) is 0 Å². The van der Waals surface area contributed by atoms with Crippen LogP contribution >= 0.6 is 0 Å². The van der Waals surface area contributed by atoms with Gasteiger partial charge in [-0.05, 0) is 146 Å². The predicted molar refractivity (Wildman–Crippen MR) is 244 cm³/mol. The molecule has 58 heavy (non-hydrogen) atoms. The molecule has 0 saturated carbocycles. The lowest BCUT2D eigenvalue weighted by Gasteiger charge is -2.40. The van der Waals surface area contributed by atoms with Crippen LogP contribution in [0.4, 0.5) is 28.4 Å². The van der Waals surface area contributed by atoms with Crippen LogP contribution < -0.4 is 9.80 Å². The van der Waals surface area contributed by atoms with Crippen LogP contribution in [-0.2, 0) is 12.8 Å². The van der Waals surface area contributed by atoms with E-state index >= 15 is 0 Å². The van der Waals surface area contributed by atoms with E-state index in [1.165, 1.54) is 83.4 Å². The normalized spacial score (nSPS) is 17.7. The Balaban J connectivity index is 0.927. The van der Waals surface area contributed by atoms with Crippen molar-refractivity contribution in [3.8, 4) is 11.1 Å². The minimum atomic E-state index is 0.311. The first-order chi connectivity index (χ1) is 28.8. The quantitative estimate of drug-likeness (QED) is 0.161. The first kappa shape index (κ1) is 33.0. The Morgan fingerprint density at radius 3 is 1.90 bits per heavy atom. The molecule has 0 fully saturated rings. The number of anilines is 5. The summed E-state index contributed by atoms with van der Waals surface area (Å²) < 4.78 is 0. The molecule has 0 amide bonds. The third-order valence-electron chi connectivity index (χ3n) is 12.7. The fourth-order valence-corrected chi connectivity index (χ4v) is 10.1. The van der Waals surface area contributed by atoms with Gasteiger partial charge in [-0.15, -0.1) is 0 Å². The van der Waals surface area contributed by atoms with Gasteiger partial charge in [0.2, 0.25) is 0 Å². The van der Waals surface area contributed by atoms with Crippen molar-refractivity contribution in [3.05, 3.63) is 244 Å². The monoisotopic (exact) mass is 740 g/mol. The number of benzene rings is 6. The van der Waals surface area contributed by atoms with E-state index in [4.69, 9.17) is 0 Å². The zero-order valence-corrected chi connectivity index (χ0v) is 32.1. The number of allylic oxidation sites excluding steroid dienone is 14. The molecule has 0 bridgehead atoms. The Morgan fingerprint density at radius 2 is 1.14 bits per heavy atom. The average Bonchev–Trinajstić information content (AvgIpc) is 3.29. The van der Waals surface area contributed by atoms with Crippen LogP contribution in [0.5, 0.6) is 0 Å². The second-order valence-corrected chi connectivity index (χ2v) is 16.0. The summed E-state index contributed by atoms with van der Waals surface area (Å²) in [6.07, 6.45) is 30.7.